The molecule has 2 N–H and O–H groups in total. The maximum absolute atomic E-state index is 11.6. The van der Waals surface area contributed by atoms with Gasteiger partial charge in [-0.1, -0.05) is 25.6 Å². The molecule has 0 spiro atoms. The molecular formula is C27H36N4O7Si. The molecule has 1 amide bonds. The van der Waals surface area contributed by atoms with E-state index < -0.39 is 14.0 Å². The molecule has 3 rings (SSSR count). The number of carbonyl (C=O) groups excluding carboxylic acids is 2. The number of nitrogens with one attached hydrogen (secondary N) is 2. The minimum atomic E-state index is -1.57. The lowest BCUT2D eigenvalue weighted by molar-refractivity contribution is -0.301. The number of hydrogen-bond acceptors (Lipinski definition) is 9. The highest BCUT2D eigenvalue weighted by atomic mass is 28.3. The number of aromatic amines is 1. The topological polar surface area (TPSA) is 134 Å². The average Bonchev–Trinajstić information content (AvgIpc) is 3.35. The summed E-state index contributed by atoms with van der Waals surface area (Å²) in [5, 5.41) is 2.74. The number of hydrogen-bond donors (Lipinski definition) is 2. The molecular weight excluding hydrogens is 520 g/mol. The van der Waals surface area contributed by atoms with Gasteiger partial charge in [-0.2, -0.15) is 0 Å². The molecule has 3 aromatic heterocycles. The van der Waals surface area contributed by atoms with Crippen LogP contribution in [-0.2, 0) is 25.9 Å². The van der Waals surface area contributed by atoms with Gasteiger partial charge in [-0.25, -0.2) is 24.5 Å². The van der Waals surface area contributed by atoms with Crippen LogP contribution in [0.15, 0.2) is 24.4 Å². The van der Waals surface area contributed by atoms with Crippen LogP contribution in [0.3, 0.4) is 0 Å². The third-order valence-corrected chi connectivity index (χ3v) is 5.61. The number of aromatic nitrogens is 3. The molecule has 0 atom stereocenters. The van der Waals surface area contributed by atoms with Gasteiger partial charge in [-0.15, -0.1) is 5.54 Å². The Hall–Kier alpha value is -3.92. The number of amides is 1. The van der Waals surface area contributed by atoms with E-state index >= 15 is 0 Å². The molecule has 11 nitrogen and oxygen atoms in total. The van der Waals surface area contributed by atoms with E-state index in [0.717, 1.165) is 5.52 Å². The first-order chi connectivity index (χ1) is 18.5. The van der Waals surface area contributed by atoms with E-state index in [4.69, 9.17) is 24.0 Å². The van der Waals surface area contributed by atoms with E-state index in [-0.39, 0.29) is 18.2 Å². The van der Waals surface area contributed by atoms with E-state index in [1.807, 2.05) is 6.92 Å². The SMILES string of the molecule is CCOC(=O)c1nc2cc[nH]c2cc1OC.CCOOCc1nc(C#C[Si](C)(C)C)c(NC(C)=O)cc1OC. The predicted molar refractivity (Wildman–Crippen MR) is 150 cm³/mol. The average molecular weight is 557 g/mol. The minimum absolute atomic E-state index is 0.138. The fourth-order valence-electron chi connectivity index (χ4n) is 3.08. The molecule has 39 heavy (non-hydrogen) atoms. The molecule has 0 bridgehead atoms. The van der Waals surface area contributed by atoms with Gasteiger partial charge in [0.1, 0.15) is 31.8 Å². The first-order valence-corrected chi connectivity index (χ1v) is 15.8. The van der Waals surface area contributed by atoms with E-state index in [1.165, 1.54) is 21.1 Å². The first-order valence-electron chi connectivity index (χ1n) is 12.3. The lowest BCUT2D eigenvalue weighted by Gasteiger charge is -2.12. The maximum Gasteiger partial charge on any atom is 0.360 e. The fourth-order valence-corrected chi connectivity index (χ4v) is 3.58. The molecule has 12 heteroatoms. The highest BCUT2D eigenvalue weighted by Gasteiger charge is 2.17. The van der Waals surface area contributed by atoms with Gasteiger partial charge >= 0.3 is 5.97 Å². The van der Waals surface area contributed by atoms with Crippen molar-refractivity contribution in [1.82, 2.24) is 15.0 Å². The van der Waals surface area contributed by atoms with Gasteiger partial charge in [0.25, 0.3) is 0 Å². The number of H-pyrrole nitrogens is 1. The number of methoxy groups -OCH3 is 2. The summed E-state index contributed by atoms with van der Waals surface area (Å²) in [5.41, 5.74) is 6.58. The van der Waals surface area contributed by atoms with Gasteiger partial charge in [0.15, 0.2) is 11.4 Å². The number of pyridine rings is 2. The predicted octanol–water partition coefficient (Wildman–Crippen LogP) is 4.49. The quantitative estimate of drug-likeness (QED) is 0.0976. The lowest BCUT2D eigenvalue weighted by atomic mass is 10.2. The Morgan fingerprint density at radius 3 is 2.33 bits per heavy atom. The summed E-state index contributed by atoms with van der Waals surface area (Å²) in [7, 11) is 1.45. The second-order valence-electron chi connectivity index (χ2n) is 9.05. The van der Waals surface area contributed by atoms with Crippen LogP contribution in [0, 0.1) is 11.5 Å². The Morgan fingerprint density at radius 2 is 1.74 bits per heavy atom. The molecule has 0 saturated carbocycles. The van der Waals surface area contributed by atoms with Crippen molar-refractivity contribution in [2.24, 2.45) is 0 Å². The summed E-state index contributed by atoms with van der Waals surface area (Å²) in [5.74, 6) is 3.33. The Kier molecular flexibility index (Phi) is 11.9. The van der Waals surface area contributed by atoms with Gasteiger partial charge in [-0.3, -0.25) is 4.79 Å². The number of fused-ring (bicyclic) bond motifs is 1. The number of nitrogens with zero attached hydrogens (tertiary/aromatic N) is 2. The van der Waals surface area contributed by atoms with Crippen LogP contribution in [0.4, 0.5) is 5.69 Å². The zero-order valence-electron chi connectivity index (χ0n) is 23.7. The van der Waals surface area contributed by atoms with Crippen molar-refractivity contribution in [3.05, 3.63) is 41.5 Å². The van der Waals surface area contributed by atoms with E-state index in [2.05, 4.69) is 51.4 Å². The van der Waals surface area contributed by atoms with Crippen LogP contribution in [-0.4, -0.2) is 62.3 Å². The third-order valence-electron chi connectivity index (χ3n) is 4.73. The summed E-state index contributed by atoms with van der Waals surface area (Å²) < 4.78 is 15.3. The van der Waals surface area contributed by atoms with Crippen molar-refractivity contribution < 1.29 is 33.6 Å². The van der Waals surface area contributed by atoms with Crippen molar-refractivity contribution in [3.8, 4) is 23.0 Å². The molecule has 0 radical (unpaired) electrons. The van der Waals surface area contributed by atoms with E-state index in [0.29, 0.717) is 47.3 Å². The summed E-state index contributed by atoms with van der Waals surface area (Å²) >= 11 is 0. The van der Waals surface area contributed by atoms with Gasteiger partial charge in [0.05, 0.1) is 44.2 Å². The van der Waals surface area contributed by atoms with Crippen LogP contribution >= 0.6 is 0 Å². The lowest BCUT2D eigenvalue weighted by Crippen LogP contribution is -2.17. The molecule has 3 aromatic rings. The van der Waals surface area contributed by atoms with Crippen LogP contribution in [0.1, 0.15) is 42.6 Å². The number of rotatable bonds is 9. The molecule has 0 aliphatic rings. The largest absolute Gasteiger partial charge is 0.495 e. The minimum Gasteiger partial charge on any atom is -0.495 e. The fraction of sp³-hybridized carbons (Fsp3) is 0.407. The molecule has 0 fully saturated rings. The normalized spacial score (nSPS) is 10.6. The summed E-state index contributed by atoms with van der Waals surface area (Å²) in [6.45, 7) is 12.3. The zero-order valence-corrected chi connectivity index (χ0v) is 24.7. The van der Waals surface area contributed by atoms with Gasteiger partial charge in [-0.05, 0) is 19.9 Å². The zero-order chi connectivity index (χ0) is 29.0. The highest BCUT2D eigenvalue weighted by Crippen LogP contribution is 2.25. The van der Waals surface area contributed by atoms with Crippen molar-refractivity contribution >= 4 is 36.7 Å². The molecule has 0 aliphatic carbocycles. The molecule has 0 saturated heterocycles. The van der Waals surface area contributed by atoms with Crippen LogP contribution in [0.2, 0.25) is 19.6 Å². The second-order valence-corrected chi connectivity index (χ2v) is 13.8. The van der Waals surface area contributed by atoms with Crippen LogP contribution < -0.4 is 14.8 Å². The Bertz CT molecular complexity index is 1340. The highest BCUT2D eigenvalue weighted by molar-refractivity contribution is 6.83. The van der Waals surface area contributed by atoms with Crippen molar-refractivity contribution in [2.45, 2.75) is 47.0 Å². The van der Waals surface area contributed by atoms with Crippen molar-refractivity contribution in [2.75, 3.05) is 32.8 Å². The van der Waals surface area contributed by atoms with Gasteiger partial charge in [0, 0.05) is 25.3 Å². The van der Waals surface area contributed by atoms with E-state index in [9.17, 15) is 9.59 Å². The van der Waals surface area contributed by atoms with Gasteiger partial charge in [0.2, 0.25) is 5.91 Å². The molecule has 0 unspecified atom stereocenters. The van der Waals surface area contributed by atoms with E-state index in [1.54, 1.807) is 31.3 Å². The van der Waals surface area contributed by atoms with Crippen molar-refractivity contribution in [1.29, 1.82) is 0 Å². The Balaban J connectivity index is 0.000000290. The number of anilines is 1. The summed E-state index contributed by atoms with van der Waals surface area (Å²) in [6.07, 6.45) is 1.76. The number of carbonyl (C=O) groups is 2. The monoisotopic (exact) mass is 556 g/mol. The van der Waals surface area contributed by atoms with Crippen LogP contribution in [0.25, 0.3) is 11.0 Å². The number of esters is 1. The van der Waals surface area contributed by atoms with Gasteiger partial charge < -0.3 is 24.5 Å². The van der Waals surface area contributed by atoms with Crippen LogP contribution in [0.5, 0.6) is 11.5 Å². The Labute approximate surface area is 229 Å². The number of ether oxygens (including phenoxy) is 3. The third kappa shape index (κ3) is 9.71. The maximum atomic E-state index is 11.6. The molecule has 210 valence electrons. The second kappa shape index (κ2) is 14.9. The molecule has 0 aliphatic heterocycles. The first kappa shape index (κ1) is 31.3. The standard InChI is InChI=1S/C16H24N2O4Si.C11H12N2O3/c1-7-21-22-11-15-16(20-3)10-14(17-12(2)19)13(18-15)8-9-23(4,5)6;1-3-16-11(14)10-9(15-2)6-8-7(13-10)4-5-12-8/h10H,7,11H2,1-6H3,(H,17,19);4-6,12H,3H2,1-2H3. The molecule has 0 aromatic carbocycles. The summed E-state index contributed by atoms with van der Waals surface area (Å²) in [6, 6.07) is 5.22. The van der Waals surface area contributed by atoms with Crippen molar-refractivity contribution in [3.63, 3.8) is 0 Å². The Morgan fingerprint density at radius 1 is 1.03 bits per heavy atom. The molecule has 3 heterocycles. The smallest absolute Gasteiger partial charge is 0.360 e. The summed E-state index contributed by atoms with van der Waals surface area (Å²) in [4.78, 5) is 44.6.